The number of aromatic nitrogens is 2. The maximum atomic E-state index is 14.2. The second-order valence-electron chi connectivity index (χ2n) is 10.6. The van der Waals surface area contributed by atoms with Gasteiger partial charge in [-0.25, -0.2) is 19.0 Å². The first-order valence-corrected chi connectivity index (χ1v) is 12.7. The lowest BCUT2D eigenvalue weighted by molar-refractivity contribution is 0.0635. The van der Waals surface area contributed by atoms with Crippen LogP contribution in [0, 0.1) is 17.1 Å². The molecule has 0 aliphatic carbocycles. The molecule has 0 atom stereocenters. The molecule has 3 rings (SSSR count). The van der Waals surface area contributed by atoms with E-state index in [-0.39, 0.29) is 44.5 Å². The normalized spacial score (nSPS) is 10.8. The molecule has 0 aliphatic heterocycles. The van der Waals surface area contributed by atoms with E-state index in [9.17, 15) is 33.9 Å². The average Bonchev–Trinajstić information content (AvgIpc) is 2.87. The molecule has 220 valence electrons. The van der Waals surface area contributed by atoms with Crippen molar-refractivity contribution in [1.82, 2.24) is 9.97 Å². The number of amides is 2. The number of carbonyl (C=O) groups is 4. The van der Waals surface area contributed by atoms with Gasteiger partial charge in [-0.15, -0.1) is 0 Å². The zero-order valence-corrected chi connectivity index (χ0v) is 24.5. The Hall–Kier alpha value is -4.89. The number of nitrogens with zero attached hydrogens (tertiary/aromatic N) is 4. The third kappa shape index (κ3) is 8.31. The van der Waals surface area contributed by atoms with E-state index in [1.54, 1.807) is 41.5 Å². The Morgan fingerprint density at radius 3 is 2.19 bits per heavy atom. The number of ether oxygens (including phenoxy) is 1. The van der Waals surface area contributed by atoms with E-state index < -0.39 is 29.1 Å². The van der Waals surface area contributed by atoms with Gasteiger partial charge in [0.1, 0.15) is 16.6 Å². The molecule has 13 heteroatoms. The van der Waals surface area contributed by atoms with Crippen molar-refractivity contribution in [2.45, 2.75) is 52.7 Å². The van der Waals surface area contributed by atoms with Crippen molar-refractivity contribution in [3.63, 3.8) is 0 Å². The molecule has 0 saturated carbocycles. The summed E-state index contributed by atoms with van der Waals surface area (Å²) in [5, 5.41) is 20.8. The summed E-state index contributed by atoms with van der Waals surface area (Å²) >= 11 is 5.77. The summed E-state index contributed by atoms with van der Waals surface area (Å²) in [5.74, 6) is -0.691. The van der Waals surface area contributed by atoms with Gasteiger partial charge < -0.3 is 9.84 Å². The number of carbonyl (C=O) groups excluding carboxylic acids is 3. The number of aldehydes is 2. The lowest BCUT2D eigenvalue weighted by Crippen LogP contribution is -2.45. The van der Waals surface area contributed by atoms with Crippen LogP contribution in [0.4, 0.5) is 25.4 Å². The molecular weight excluding hydrogens is 569 g/mol. The summed E-state index contributed by atoms with van der Waals surface area (Å²) in [6.07, 6.45) is 1.72. The van der Waals surface area contributed by atoms with Crippen molar-refractivity contribution in [2.75, 3.05) is 10.2 Å². The Labute approximate surface area is 246 Å². The summed E-state index contributed by atoms with van der Waals surface area (Å²) in [7, 11) is 0. The summed E-state index contributed by atoms with van der Waals surface area (Å²) in [6, 6.07) is 8.69. The van der Waals surface area contributed by atoms with Crippen LogP contribution in [0.25, 0.3) is 11.3 Å². The summed E-state index contributed by atoms with van der Waals surface area (Å²) < 4.78 is 19.4. The molecule has 2 amide bonds. The molecule has 0 aliphatic rings. The molecule has 0 unspecified atom stereocenters. The van der Waals surface area contributed by atoms with Gasteiger partial charge in [0.2, 0.25) is 0 Å². The van der Waals surface area contributed by atoms with Crippen LogP contribution in [-0.2, 0) is 4.74 Å². The molecule has 0 bridgehead atoms. The maximum Gasteiger partial charge on any atom is 0.412 e. The minimum Gasteiger partial charge on any atom is -0.465 e. The number of halogens is 2. The van der Waals surface area contributed by atoms with E-state index in [0.29, 0.717) is 12.6 Å². The highest BCUT2D eigenvalue weighted by Crippen LogP contribution is 2.31. The lowest BCUT2D eigenvalue weighted by Gasteiger charge is -2.33. The molecule has 0 radical (unpaired) electrons. The van der Waals surface area contributed by atoms with Crippen LogP contribution >= 0.6 is 11.6 Å². The highest BCUT2D eigenvalue weighted by atomic mass is 35.5. The molecule has 2 heterocycles. The van der Waals surface area contributed by atoms with Crippen LogP contribution in [0.1, 0.15) is 67.8 Å². The molecule has 2 N–H and O–H groups in total. The van der Waals surface area contributed by atoms with Crippen LogP contribution in [0.15, 0.2) is 42.7 Å². The predicted molar refractivity (Wildman–Crippen MR) is 154 cm³/mol. The van der Waals surface area contributed by atoms with Crippen LogP contribution < -0.4 is 10.2 Å². The molecule has 0 fully saturated rings. The fraction of sp³-hybridized carbons (Fsp3) is 0.276. The van der Waals surface area contributed by atoms with Crippen molar-refractivity contribution in [2.24, 2.45) is 0 Å². The SMILES string of the molecule is CC(C)(C)N(C(=O)O)c1ccnc(Cl)c1C=O.CC(C)(C)OC(=O)Nc1ccnc(-c2c(F)cccc2C#N)c1C=O. The third-order valence-corrected chi connectivity index (χ3v) is 5.56. The average molecular weight is 598 g/mol. The van der Waals surface area contributed by atoms with E-state index in [1.165, 1.54) is 42.7 Å². The molecular formula is C29H29ClFN5O6. The van der Waals surface area contributed by atoms with Gasteiger partial charge in [-0.05, 0) is 65.8 Å². The van der Waals surface area contributed by atoms with Gasteiger partial charge in [0.05, 0.1) is 45.4 Å². The third-order valence-electron chi connectivity index (χ3n) is 5.25. The number of anilines is 2. The minimum atomic E-state index is -1.15. The quantitative estimate of drug-likeness (QED) is 0.239. The van der Waals surface area contributed by atoms with Gasteiger partial charge in [-0.3, -0.25) is 24.8 Å². The van der Waals surface area contributed by atoms with Gasteiger partial charge >= 0.3 is 12.2 Å². The lowest BCUT2D eigenvalue weighted by atomic mass is 10.00. The highest BCUT2D eigenvalue weighted by molar-refractivity contribution is 6.32. The van der Waals surface area contributed by atoms with E-state index in [4.69, 9.17) is 16.3 Å². The smallest absolute Gasteiger partial charge is 0.412 e. The topological polar surface area (TPSA) is 163 Å². The van der Waals surface area contributed by atoms with Gasteiger partial charge in [0, 0.05) is 17.9 Å². The van der Waals surface area contributed by atoms with Crippen molar-refractivity contribution in [3.05, 3.63) is 70.4 Å². The second-order valence-corrected chi connectivity index (χ2v) is 10.9. The first-order chi connectivity index (χ1) is 19.5. The fourth-order valence-electron chi connectivity index (χ4n) is 3.67. The van der Waals surface area contributed by atoms with Crippen molar-refractivity contribution in [1.29, 1.82) is 5.26 Å². The number of pyridine rings is 2. The number of hydrogen-bond donors (Lipinski definition) is 2. The highest BCUT2D eigenvalue weighted by Gasteiger charge is 2.30. The molecule has 1 aromatic carbocycles. The summed E-state index contributed by atoms with van der Waals surface area (Å²) in [6.45, 7) is 10.3. The van der Waals surface area contributed by atoms with E-state index in [0.717, 1.165) is 4.90 Å². The number of carboxylic acid groups (broad SMARTS) is 1. The van der Waals surface area contributed by atoms with Crippen LogP contribution in [0.3, 0.4) is 0 Å². The zero-order chi connectivity index (χ0) is 31.8. The zero-order valence-electron chi connectivity index (χ0n) is 23.7. The van der Waals surface area contributed by atoms with Gasteiger partial charge in [-0.2, -0.15) is 5.26 Å². The number of rotatable bonds is 5. The van der Waals surface area contributed by atoms with E-state index in [2.05, 4.69) is 15.3 Å². The maximum absolute atomic E-state index is 14.2. The van der Waals surface area contributed by atoms with Gasteiger partial charge in [0.15, 0.2) is 12.6 Å². The Morgan fingerprint density at radius 1 is 1.05 bits per heavy atom. The Kier molecular flexibility index (Phi) is 10.8. The molecule has 0 spiro atoms. The molecule has 11 nitrogen and oxygen atoms in total. The number of nitriles is 1. The standard InChI is InChI=1S/C18H16FN3O3.C11H13ClN2O3/c1-18(2,3)25-17(24)22-14-7-8-21-16(12(14)10-23)15-11(9-20)5-4-6-13(15)19;1-11(2,3)14(10(16)17)8-4-5-13-9(12)7(8)6-15/h4-8,10H,1-3H3,(H,21,22,24);4-6H,1-3H3,(H,16,17). The Balaban J connectivity index is 0.000000317. The molecule has 0 saturated heterocycles. The van der Waals surface area contributed by atoms with E-state index in [1.807, 2.05) is 6.07 Å². The molecule has 3 aromatic rings. The summed E-state index contributed by atoms with van der Waals surface area (Å²) in [4.78, 5) is 54.6. The van der Waals surface area contributed by atoms with Crippen molar-refractivity contribution in [3.8, 4) is 17.3 Å². The number of benzene rings is 1. The number of nitrogens with one attached hydrogen (secondary N) is 1. The molecule has 42 heavy (non-hydrogen) atoms. The number of hydrogen-bond acceptors (Lipinski definition) is 8. The Bertz CT molecular complexity index is 1540. The van der Waals surface area contributed by atoms with Gasteiger partial charge in [-0.1, -0.05) is 17.7 Å². The van der Waals surface area contributed by atoms with Crippen LogP contribution in [0.5, 0.6) is 0 Å². The largest absolute Gasteiger partial charge is 0.465 e. The van der Waals surface area contributed by atoms with Crippen molar-refractivity contribution >= 4 is 47.7 Å². The first kappa shape index (κ1) is 33.3. The summed E-state index contributed by atoms with van der Waals surface area (Å²) in [5.41, 5.74) is -1.12. The van der Waals surface area contributed by atoms with E-state index >= 15 is 0 Å². The van der Waals surface area contributed by atoms with Crippen LogP contribution in [-0.4, -0.2) is 51.0 Å². The minimum absolute atomic E-state index is 0.00648. The molecule has 2 aromatic heterocycles. The first-order valence-electron chi connectivity index (χ1n) is 12.3. The van der Waals surface area contributed by atoms with Crippen LogP contribution in [0.2, 0.25) is 5.15 Å². The van der Waals surface area contributed by atoms with Gasteiger partial charge in [0.25, 0.3) is 0 Å². The predicted octanol–water partition coefficient (Wildman–Crippen LogP) is 6.75. The Morgan fingerprint density at radius 2 is 1.67 bits per heavy atom. The fourth-order valence-corrected chi connectivity index (χ4v) is 3.86. The second kappa shape index (κ2) is 13.6. The van der Waals surface area contributed by atoms with Crippen molar-refractivity contribution < 1.29 is 33.4 Å². The monoisotopic (exact) mass is 597 g/mol.